The van der Waals surface area contributed by atoms with E-state index < -0.39 is 0 Å². The number of benzene rings is 2. The Bertz CT molecular complexity index is 996. The highest BCUT2D eigenvalue weighted by molar-refractivity contribution is 5.96. The third-order valence-corrected chi connectivity index (χ3v) is 5.25. The lowest BCUT2D eigenvalue weighted by Crippen LogP contribution is -2.31. The third-order valence-electron chi connectivity index (χ3n) is 5.25. The maximum Gasteiger partial charge on any atom is 0.353 e. The molecule has 0 aliphatic carbocycles. The van der Waals surface area contributed by atoms with Gasteiger partial charge < -0.3 is 9.80 Å². The van der Waals surface area contributed by atoms with Gasteiger partial charge in [0, 0.05) is 25.0 Å². The topological polar surface area (TPSA) is 75.4 Å². The molecule has 0 N–H and O–H groups in total. The van der Waals surface area contributed by atoms with Crippen molar-refractivity contribution in [3.05, 3.63) is 58.9 Å². The maximum absolute atomic E-state index is 12.1. The highest BCUT2D eigenvalue weighted by atomic mass is 16.6. The fourth-order valence-electron chi connectivity index (χ4n) is 3.94. The van der Waals surface area contributed by atoms with Crippen LogP contribution in [0.4, 0.5) is 23.0 Å². The fourth-order valence-corrected chi connectivity index (χ4v) is 3.94. The van der Waals surface area contributed by atoms with Gasteiger partial charge in [-0.3, -0.25) is 10.1 Å². The van der Waals surface area contributed by atoms with E-state index in [1.165, 1.54) is 6.33 Å². The molecule has 28 heavy (non-hydrogen) atoms. The van der Waals surface area contributed by atoms with Gasteiger partial charge in [-0.05, 0) is 37.6 Å². The molecule has 7 heteroatoms. The Morgan fingerprint density at radius 2 is 1.82 bits per heavy atom. The van der Waals surface area contributed by atoms with Crippen LogP contribution in [0.5, 0.6) is 0 Å². The van der Waals surface area contributed by atoms with Gasteiger partial charge in [-0.25, -0.2) is 9.97 Å². The quantitative estimate of drug-likeness (QED) is 0.474. The molecule has 144 valence electrons. The van der Waals surface area contributed by atoms with Crippen molar-refractivity contribution in [2.45, 2.75) is 26.2 Å². The van der Waals surface area contributed by atoms with Crippen LogP contribution < -0.4 is 9.80 Å². The summed E-state index contributed by atoms with van der Waals surface area (Å²) < 4.78 is 0. The second-order valence-electron chi connectivity index (χ2n) is 6.92. The zero-order chi connectivity index (χ0) is 19.5. The molecular formula is C21H23N5O2. The fraction of sp³-hybridized carbons (Fsp3) is 0.333. The Balaban J connectivity index is 1.87. The van der Waals surface area contributed by atoms with E-state index in [1.807, 2.05) is 59.2 Å². The van der Waals surface area contributed by atoms with Crippen LogP contribution in [0.15, 0.2) is 48.8 Å². The average molecular weight is 377 g/mol. The number of nitro groups is 1. The van der Waals surface area contributed by atoms with Crippen LogP contribution in [0, 0.1) is 10.1 Å². The van der Waals surface area contributed by atoms with Crippen molar-refractivity contribution in [3.8, 4) is 0 Å². The molecule has 3 aromatic rings. The number of piperidine rings is 1. The molecule has 1 fully saturated rings. The van der Waals surface area contributed by atoms with Crippen LogP contribution >= 0.6 is 0 Å². The van der Waals surface area contributed by atoms with E-state index >= 15 is 0 Å². The highest BCUT2D eigenvalue weighted by Gasteiger charge is 2.31. The minimum Gasteiger partial charge on any atom is -0.351 e. The number of rotatable bonds is 5. The van der Waals surface area contributed by atoms with Crippen molar-refractivity contribution < 1.29 is 4.92 Å². The first-order valence-corrected chi connectivity index (χ1v) is 9.70. The summed E-state index contributed by atoms with van der Waals surface area (Å²) in [6, 6.07) is 14.0. The lowest BCUT2D eigenvalue weighted by atomic mass is 10.1. The summed E-state index contributed by atoms with van der Waals surface area (Å²) in [4.78, 5) is 24.3. The van der Waals surface area contributed by atoms with Crippen LogP contribution in [0.3, 0.4) is 0 Å². The van der Waals surface area contributed by atoms with E-state index in [0.29, 0.717) is 18.2 Å². The Morgan fingerprint density at radius 3 is 2.57 bits per heavy atom. The summed E-state index contributed by atoms with van der Waals surface area (Å²) in [7, 11) is 0. The zero-order valence-electron chi connectivity index (χ0n) is 15.9. The molecule has 1 saturated heterocycles. The van der Waals surface area contributed by atoms with Gasteiger partial charge in [-0.1, -0.05) is 36.4 Å². The number of fused-ring (bicyclic) bond motifs is 1. The van der Waals surface area contributed by atoms with Gasteiger partial charge in [-0.2, -0.15) is 0 Å². The summed E-state index contributed by atoms with van der Waals surface area (Å²) in [5.74, 6) is 0.771. The van der Waals surface area contributed by atoms with Crippen molar-refractivity contribution in [3.63, 3.8) is 0 Å². The molecule has 0 atom stereocenters. The Kier molecular flexibility index (Phi) is 5.06. The Morgan fingerprint density at radius 1 is 1.07 bits per heavy atom. The standard InChI is InChI=1S/C21H23N5O2/c1-2-25(18-12-8-10-16-9-4-5-11-17(16)18)21-19(26(27)28)20(22-15-23-21)24-13-6-3-7-14-24/h4-5,8-12,15H,2-3,6-7,13-14H2,1H3. The first-order valence-electron chi connectivity index (χ1n) is 9.70. The van der Waals surface area contributed by atoms with E-state index in [-0.39, 0.29) is 10.6 Å². The first kappa shape index (κ1) is 18.2. The first-order chi connectivity index (χ1) is 13.7. The van der Waals surface area contributed by atoms with Crippen LogP contribution in [-0.2, 0) is 0 Å². The van der Waals surface area contributed by atoms with Gasteiger partial charge in [0.25, 0.3) is 0 Å². The molecule has 1 aromatic heterocycles. The molecule has 0 amide bonds. The minimum atomic E-state index is -0.340. The highest BCUT2D eigenvalue weighted by Crippen LogP contribution is 2.40. The summed E-state index contributed by atoms with van der Waals surface area (Å²) in [5, 5.41) is 14.2. The van der Waals surface area contributed by atoms with Gasteiger partial charge >= 0.3 is 5.69 Å². The van der Waals surface area contributed by atoms with Crippen LogP contribution in [0.25, 0.3) is 10.8 Å². The van der Waals surface area contributed by atoms with Gasteiger partial charge in [0.05, 0.1) is 10.6 Å². The van der Waals surface area contributed by atoms with Crippen LogP contribution in [-0.4, -0.2) is 34.5 Å². The zero-order valence-corrected chi connectivity index (χ0v) is 15.9. The number of hydrogen-bond donors (Lipinski definition) is 0. The summed E-state index contributed by atoms with van der Waals surface area (Å²) in [6.07, 6.45) is 4.65. The van der Waals surface area contributed by atoms with Crippen molar-refractivity contribution >= 4 is 33.8 Å². The second-order valence-corrected chi connectivity index (χ2v) is 6.92. The number of aromatic nitrogens is 2. The number of nitrogens with zero attached hydrogens (tertiary/aromatic N) is 5. The molecule has 2 heterocycles. The van der Waals surface area contributed by atoms with Crippen LogP contribution in [0.2, 0.25) is 0 Å². The van der Waals surface area contributed by atoms with Crippen LogP contribution in [0.1, 0.15) is 26.2 Å². The predicted molar refractivity (Wildman–Crippen MR) is 111 cm³/mol. The largest absolute Gasteiger partial charge is 0.353 e. The Labute approximate surface area is 163 Å². The normalized spacial score (nSPS) is 14.2. The lowest BCUT2D eigenvalue weighted by Gasteiger charge is -2.29. The van der Waals surface area contributed by atoms with Crippen molar-refractivity contribution in [2.75, 3.05) is 29.4 Å². The maximum atomic E-state index is 12.1. The molecule has 4 rings (SSSR count). The molecule has 0 unspecified atom stereocenters. The van der Waals surface area contributed by atoms with E-state index in [9.17, 15) is 10.1 Å². The number of hydrogen-bond acceptors (Lipinski definition) is 6. The predicted octanol–water partition coefficient (Wildman–Crippen LogP) is 4.69. The van der Waals surface area contributed by atoms with Crippen molar-refractivity contribution in [1.82, 2.24) is 9.97 Å². The van der Waals surface area contributed by atoms with Crippen molar-refractivity contribution in [1.29, 1.82) is 0 Å². The minimum absolute atomic E-state index is 0.0146. The monoisotopic (exact) mass is 377 g/mol. The third kappa shape index (κ3) is 3.24. The molecule has 1 aliphatic rings. The molecule has 2 aromatic carbocycles. The molecule has 0 saturated carbocycles. The summed E-state index contributed by atoms with van der Waals surface area (Å²) in [5.41, 5.74) is 0.895. The van der Waals surface area contributed by atoms with Gasteiger partial charge in [0.15, 0.2) is 0 Å². The molecule has 0 radical (unpaired) electrons. The smallest absolute Gasteiger partial charge is 0.351 e. The molecule has 0 spiro atoms. The van der Waals surface area contributed by atoms with Gasteiger partial charge in [0.2, 0.25) is 11.6 Å². The van der Waals surface area contributed by atoms with Crippen molar-refractivity contribution in [2.24, 2.45) is 0 Å². The Hall–Kier alpha value is -3.22. The van der Waals surface area contributed by atoms with Gasteiger partial charge in [-0.15, -0.1) is 0 Å². The van der Waals surface area contributed by atoms with E-state index in [1.54, 1.807) is 0 Å². The van der Waals surface area contributed by atoms with E-state index in [4.69, 9.17) is 0 Å². The lowest BCUT2D eigenvalue weighted by molar-refractivity contribution is -0.383. The summed E-state index contributed by atoms with van der Waals surface area (Å²) >= 11 is 0. The molecular weight excluding hydrogens is 354 g/mol. The number of anilines is 3. The summed E-state index contributed by atoms with van der Waals surface area (Å²) in [6.45, 7) is 4.12. The second kappa shape index (κ2) is 7.80. The average Bonchev–Trinajstić information content (AvgIpc) is 2.75. The molecule has 1 aliphatic heterocycles. The SMILES string of the molecule is CCN(c1ncnc(N2CCCCC2)c1[N+](=O)[O-])c1cccc2ccccc12. The molecule has 7 nitrogen and oxygen atoms in total. The van der Waals surface area contributed by atoms with E-state index in [0.717, 1.165) is 48.8 Å². The van der Waals surface area contributed by atoms with Gasteiger partial charge in [0.1, 0.15) is 6.33 Å². The van der Waals surface area contributed by atoms with E-state index in [2.05, 4.69) is 9.97 Å². The molecule has 0 bridgehead atoms.